The first-order valence-corrected chi connectivity index (χ1v) is 20.7. The van der Waals surface area contributed by atoms with Crippen molar-refractivity contribution in [2.75, 3.05) is 0 Å². The van der Waals surface area contributed by atoms with Crippen LogP contribution in [-0.4, -0.2) is 0 Å². The predicted molar refractivity (Wildman–Crippen MR) is 251 cm³/mol. The van der Waals surface area contributed by atoms with E-state index in [1.807, 2.05) is 11.3 Å². The molecular weight excluding hydrogens is 701 g/mol. The molecule has 0 radical (unpaired) electrons. The van der Waals surface area contributed by atoms with Gasteiger partial charge in [-0.3, -0.25) is 0 Å². The standard InChI is InChI=1S/C53H46S2/c1-6-8-25-40(7-2)36-35-38(4)42-27-16-13-12-15-26-41(44-29-18-19-30-45(42)44)37(3)24-14-10-9-11-17-28-43-39(5)54-52-46-31-20-21-32-47(46)53-51(50(43)52)48-33-22-23-34-49(48)55-53/h8-36H,3,5-7H2,1-2,4H3/b10-9+,13-12?,15-12?,16-13?,17-11+,24-14-,25-8-,26-15?,27-16?,38-35+,40-36+,41-26?,42-27?,43-28+,44-41?,45-42?. The van der Waals surface area contributed by atoms with Crippen molar-refractivity contribution in [3.63, 3.8) is 0 Å². The summed E-state index contributed by atoms with van der Waals surface area (Å²) in [4.78, 5) is 0. The number of hydrogen-bond donors (Lipinski definition) is 0. The van der Waals surface area contributed by atoms with Crippen LogP contribution in [0.25, 0.3) is 75.6 Å². The summed E-state index contributed by atoms with van der Waals surface area (Å²) >= 11 is 3.68. The van der Waals surface area contributed by atoms with Crippen molar-refractivity contribution in [1.82, 2.24) is 0 Å². The SMILES string of the molecule is C=C(\C=C/C=C/C=C/C=c1\c(=C)sc2c3ccccc3c3sc4ccccc4c3c12)c1ccccccc(/C(C)=C/C=C(/C=C\CC)CC)c2ccccc12. The molecule has 270 valence electrons. The minimum Gasteiger partial charge on any atom is -0.135 e. The van der Waals surface area contributed by atoms with E-state index in [1.54, 1.807) is 11.3 Å². The van der Waals surface area contributed by atoms with Gasteiger partial charge in [-0.05, 0) is 64.5 Å². The van der Waals surface area contributed by atoms with Gasteiger partial charge in [0.25, 0.3) is 0 Å². The van der Waals surface area contributed by atoms with E-state index in [0.29, 0.717) is 0 Å². The van der Waals surface area contributed by atoms with Crippen LogP contribution in [0.3, 0.4) is 0 Å². The second-order valence-electron chi connectivity index (χ2n) is 13.5. The molecule has 0 saturated carbocycles. The average Bonchev–Trinajstić information content (AvgIpc) is 3.76. The molecule has 0 aliphatic rings. The summed E-state index contributed by atoms with van der Waals surface area (Å²) in [5.74, 6) is 0. The van der Waals surface area contributed by atoms with E-state index < -0.39 is 0 Å². The van der Waals surface area contributed by atoms with Crippen LogP contribution in [0.1, 0.15) is 44.7 Å². The molecule has 7 aromatic rings. The maximum absolute atomic E-state index is 4.52. The molecule has 0 N–H and O–H groups in total. The molecule has 2 heterocycles. The van der Waals surface area contributed by atoms with Gasteiger partial charge in [-0.25, -0.2) is 0 Å². The monoisotopic (exact) mass is 746 g/mol. The molecule has 0 unspecified atom stereocenters. The highest BCUT2D eigenvalue weighted by atomic mass is 32.1. The number of hydrogen-bond acceptors (Lipinski definition) is 2. The van der Waals surface area contributed by atoms with Crippen molar-refractivity contribution in [1.29, 1.82) is 0 Å². The highest BCUT2D eigenvalue weighted by Gasteiger charge is 2.16. The van der Waals surface area contributed by atoms with Gasteiger partial charge in [-0.1, -0.05) is 197 Å². The largest absolute Gasteiger partial charge is 0.135 e. The molecule has 5 aromatic carbocycles. The molecular formula is C53H46S2. The van der Waals surface area contributed by atoms with Crippen molar-refractivity contribution in [3.05, 3.63) is 203 Å². The summed E-state index contributed by atoms with van der Waals surface area (Å²) in [5, 5.41) is 10.1. The van der Waals surface area contributed by atoms with Crippen LogP contribution in [0.4, 0.5) is 0 Å². The number of allylic oxidation sites excluding steroid dienone is 13. The van der Waals surface area contributed by atoms with Crippen molar-refractivity contribution in [3.8, 4) is 0 Å². The third kappa shape index (κ3) is 8.03. The van der Waals surface area contributed by atoms with Gasteiger partial charge < -0.3 is 0 Å². The normalized spacial score (nSPS) is 13.3. The van der Waals surface area contributed by atoms with Gasteiger partial charge in [0, 0.05) is 50.8 Å². The van der Waals surface area contributed by atoms with Crippen molar-refractivity contribution in [2.24, 2.45) is 0 Å². The lowest BCUT2D eigenvalue weighted by molar-refractivity contribution is 1.13. The Hall–Kier alpha value is -5.80. The first kappa shape index (κ1) is 37.5. The predicted octanol–water partition coefficient (Wildman–Crippen LogP) is 15.0. The molecule has 55 heavy (non-hydrogen) atoms. The summed E-state index contributed by atoms with van der Waals surface area (Å²) in [5.41, 5.74) is 5.78. The molecule has 0 atom stereocenters. The van der Waals surface area contributed by atoms with E-state index in [0.717, 1.165) is 33.9 Å². The molecule has 0 fully saturated rings. The number of benzene rings is 4. The first-order chi connectivity index (χ1) is 27.0. The van der Waals surface area contributed by atoms with Crippen molar-refractivity contribution in [2.45, 2.75) is 33.6 Å². The Kier molecular flexibility index (Phi) is 12.0. The van der Waals surface area contributed by atoms with Gasteiger partial charge in [-0.15, -0.1) is 22.7 Å². The fourth-order valence-corrected chi connectivity index (χ4v) is 9.52. The van der Waals surface area contributed by atoms with E-state index in [2.05, 4.69) is 210 Å². The molecule has 0 aliphatic carbocycles. The Labute approximate surface area is 333 Å². The summed E-state index contributed by atoms with van der Waals surface area (Å²) in [6.07, 6.45) is 25.7. The van der Waals surface area contributed by atoms with Gasteiger partial charge in [0.2, 0.25) is 0 Å². The van der Waals surface area contributed by atoms with Gasteiger partial charge in [-0.2, -0.15) is 0 Å². The molecule has 0 bridgehead atoms. The third-order valence-electron chi connectivity index (χ3n) is 9.95. The fraction of sp³-hybridized carbons (Fsp3) is 0.0943. The molecule has 0 amide bonds. The molecule has 0 aliphatic heterocycles. The van der Waals surface area contributed by atoms with Crippen molar-refractivity contribution < 1.29 is 0 Å². The van der Waals surface area contributed by atoms with E-state index in [-0.39, 0.29) is 0 Å². The maximum Gasteiger partial charge on any atom is 0.0441 e. The highest BCUT2D eigenvalue weighted by molar-refractivity contribution is 7.27. The van der Waals surface area contributed by atoms with Gasteiger partial charge in [0.1, 0.15) is 0 Å². The third-order valence-corrected chi connectivity index (χ3v) is 12.2. The zero-order valence-electron chi connectivity index (χ0n) is 31.9. The zero-order valence-corrected chi connectivity index (χ0v) is 33.5. The average molecular weight is 747 g/mol. The summed E-state index contributed by atoms with van der Waals surface area (Å²) < 4.78 is 5.07. The molecule has 2 aromatic heterocycles. The molecule has 2 heteroatoms. The molecule has 7 rings (SSSR count). The lowest BCUT2D eigenvalue weighted by atomic mass is 9.95. The summed E-state index contributed by atoms with van der Waals surface area (Å²) in [7, 11) is 0. The summed E-state index contributed by atoms with van der Waals surface area (Å²) in [6, 6.07) is 39.0. The second kappa shape index (κ2) is 17.6. The number of thiophene rings is 2. The van der Waals surface area contributed by atoms with E-state index in [9.17, 15) is 0 Å². The van der Waals surface area contributed by atoms with Crippen LogP contribution < -0.4 is 9.75 Å². The van der Waals surface area contributed by atoms with Crippen LogP contribution in [-0.2, 0) is 0 Å². The minimum absolute atomic E-state index is 0.950. The Morgan fingerprint density at radius 1 is 0.582 bits per heavy atom. The van der Waals surface area contributed by atoms with Crippen LogP contribution >= 0.6 is 22.7 Å². The highest BCUT2D eigenvalue weighted by Crippen LogP contribution is 2.43. The lowest BCUT2D eigenvalue weighted by Crippen LogP contribution is -2.16. The topological polar surface area (TPSA) is 0 Å². The summed E-state index contributed by atoms with van der Waals surface area (Å²) in [6.45, 7) is 15.6. The quantitative estimate of drug-likeness (QED) is 0.122. The van der Waals surface area contributed by atoms with Gasteiger partial charge in [0.15, 0.2) is 0 Å². The van der Waals surface area contributed by atoms with Crippen LogP contribution in [0.2, 0.25) is 0 Å². The second-order valence-corrected chi connectivity index (χ2v) is 15.7. The first-order valence-electron chi connectivity index (χ1n) is 19.0. The van der Waals surface area contributed by atoms with Crippen LogP contribution in [0.5, 0.6) is 0 Å². The maximum atomic E-state index is 4.52. The lowest BCUT2D eigenvalue weighted by Gasteiger charge is -2.09. The van der Waals surface area contributed by atoms with Gasteiger partial charge >= 0.3 is 0 Å². The number of fused-ring (bicyclic) bond motifs is 9. The van der Waals surface area contributed by atoms with E-state index >= 15 is 0 Å². The van der Waals surface area contributed by atoms with E-state index in [4.69, 9.17) is 0 Å². The van der Waals surface area contributed by atoms with Crippen molar-refractivity contribution >= 4 is 98.3 Å². The van der Waals surface area contributed by atoms with E-state index in [1.165, 1.54) is 68.3 Å². The van der Waals surface area contributed by atoms with Gasteiger partial charge in [0.05, 0.1) is 0 Å². The molecule has 0 nitrogen and oxygen atoms in total. The number of rotatable bonds is 10. The zero-order chi connectivity index (χ0) is 38.1. The smallest absolute Gasteiger partial charge is 0.0441 e. The molecule has 0 saturated heterocycles. The Morgan fingerprint density at radius 3 is 1.87 bits per heavy atom. The minimum atomic E-state index is 0.950. The van der Waals surface area contributed by atoms with Crippen LogP contribution in [0, 0.1) is 0 Å². The Morgan fingerprint density at radius 2 is 1.16 bits per heavy atom. The Bertz CT molecular complexity index is 2930. The fourth-order valence-electron chi connectivity index (χ4n) is 7.14. The van der Waals surface area contributed by atoms with Crippen LogP contribution in [0.15, 0.2) is 182 Å². The Balaban J connectivity index is 1.20. The molecule has 0 spiro atoms.